The molecule has 115 heavy (non-hydrogen) atoms. The number of hydrogen-bond acceptors (Lipinski definition) is 4. The van der Waals surface area contributed by atoms with E-state index in [0.717, 1.165) is 118 Å². The monoisotopic (exact) mass is 1470 g/mol. The fourth-order valence-corrected chi connectivity index (χ4v) is 17.4. The van der Waals surface area contributed by atoms with E-state index >= 15 is 0 Å². The predicted octanol–water partition coefficient (Wildman–Crippen LogP) is 31.7. The molecule has 0 saturated heterocycles. The van der Waals surface area contributed by atoms with Crippen molar-refractivity contribution in [3.05, 3.63) is 447 Å². The van der Waals surface area contributed by atoms with Gasteiger partial charge in [0.2, 0.25) is 0 Å². The van der Waals surface area contributed by atoms with Gasteiger partial charge in [0.05, 0.1) is 0 Å². The van der Waals surface area contributed by atoms with Crippen molar-refractivity contribution < 1.29 is 0 Å². The highest BCUT2D eigenvalue weighted by Crippen LogP contribution is 2.53. The summed E-state index contributed by atoms with van der Waals surface area (Å²) in [6.45, 7) is 6.49. The largest absolute Gasteiger partial charge is 0.310 e. The number of benzene rings is 20. The molecule has 0 N–H and O–H groups in total. The van der Waals surface area contributed by atoms with Crippen LogP contribution in [0.3, 0.4) is 0 Å². The molecule has 0 bridgehead atoms. The Morgan fingerprint density at radius 2 is 0.357 bits per heavy atom. The van der Waals surface area contributed by atoms with Crippen LogP contribution in [0.25, 0.3) is 120 Å². The molecule has 0 aliphatic carbocycles. The smallest absolute Gasteiger partial charge is 0.0468 e. The lowest BCUT2D eigenvalue weighted by atomic mass is 9.84. The third kappa shape index (κ3) is 13.1. The molecule has 0 aromatic heterocycles. The van der Waals surface area contributed by atoms with Gasteiger partial charge in [-0.05, 0) is 299 Å². The van der Waals surface area contributed by atoms with E-state index in [1.54, 1.807) is 0 Å². The molecule has 0 aliphatic heterocycles. The molecule has 20 aromatic rings. The second-order valence-electron chi connectivity index (χ2n) is 30.2. The first kappa shape index (κ1) is 69.4. The third-order valence-electron chi connectivity index (χ3n) is 22.9. The SMILES string of the molecule is Cc1ccc(N(c2ccc(C)cc2)c2ccc3c(-c4ccc5ccccc5c4)c4cc(N(c5ccc(C)cc5)c5cccc(-c6cccc(N(c7ccccc7)c7ccc8c(-c9ccccc9)c9cc(N(c%10ccccc%10)c%10ccccc%10)ccc9c(-c9ccccc9)c8c7)c6)c5)ccc4c(-c4ccc5ccccc5c4)c3c2)cc1. The van der Waals surface area contributed by atoms with Crippen LogP contribution in [0.5, 0.6) is 0 Å². The van der Waals surface area contributed by atoms with E-state index in [4.69, 9.17) is 0 Å². The molecule has 4 nitrogen and oxygen atoms in total. The van der Waals surface area contributed by atoms with Crippen LogP contribution >= 0.6 is 0 Å². The van der Waals surface area contributed by atoms with Crippen molar-refractivity contribution in [2.75, 3.05) is 19.6 Å². The van der Waals surface area contributed by atoms with Gasteiger partial charge < -0.3 is 19.6 Å². The number of fused-ring (bicyclic) bond motifs is 6. The quantitative estimate of drug-likeness (QED) is 0.0843. The van der Waals surface area contributed by atoms with Gasteiger partial charge in [0.1, 0.15) is 0 Å². The molecule has 0 spiro atoms. The van der Waals surface area contributed by atoms with Gasteiger partial charge >= 0.3 is 0 Å². The molecule has 0 saturated carbocycles. The average molecular weight is 1470 g/mol. The number of nitrogens with zero attached hydrogens (tertiary/aromatic N) is 4. The standard InChI is InChI=1S/C111H80N4/c1-75-43-53-91(54-44-75)113(92-55-45-76(2)46-56-92)97-60-65-102-106(72-97)110(86-51-49-78-25-19-21-31-82(78)67-86)103-66-62-99(74-107(103)111(102)87-52-50-79-26-20-22-32-83(79)68-87)115(93-57-47-77(3)48-58-93)95-42-24-34-85(70-95)84-33-23-41-94(69-84)114(90-39-17-8-18-40-90)98-61-64-101-105(73-98)109(81-29-11-5-12-30-81)100-63-59-96(71-104(100)108(101)80-27-9-4-10-28-80)112(88-35-13-6-14-36-88)89-37-15-7-16-38-89/h4-74H,1-3H3. The Hall–Kier alpha value is -14.8. The van der Waals surface area contributed by atoms with Crippen LogP contribution in [0.4, 0.5) is 68.2 Å². The van der Waals surface area contributed by atoms with Crippen molar-refractivity contribution in [2.45, 2.75) is 20.8 Å². The normalized spacial score (nSPS) is 11.4. The molecule has 0 heterocycles. The second-order valence-corrected chi connectivity index (χ2v) is 30.2. The fourth-order valence-electron chi connectivity index (χ4n) is 17.4. The lowest BCUT2D eigenvalue weighted by Crippen LogP contribution is -2.11. The van der Waals surface area contributed by atoms with Gasteiger partial charge in [-0.1, -0.05) is 290 Å². The van der Waals surface area contributed by atoms with Gasteiger partial charge in [0, 0.05) is 68.2 Å². The predicted molar refractivity (Wildman–Crippen MR) is 492 cm³/mol. The number of anilines is 12. The van der Waals surface area contributed by atoms with E-state index in [-0.39, 0.29) is 0 Å². The topological polar surface area (TPSA) is 13.0 Å². The summed E-state index contributed by atoms with van der Waals surface area (Å²) in [5, 5.41) is 14.1. The zero-order valence-electron chi connectivity index (χ0n) is 64.3. The Bertz CT molecular complexity index is 6940. The molecule has 4 heteroatoms. The maximum Gasteiger partial charge on any atom is 0.0468 e. The van der Waals surface area contributed by atoms with Crippen LogP contribution in [0.2, 0.25) is 0 Å². The molecule has 0 amide bonds. The van der Waals surface area contributed by atoms with Crippen molar-refractivity contribution >= 4 is 133 Å². The van der Waals surface area contributed by atoms with Crippen LogP contribution in [0.1, 0.15) is 16.7 Å². The van der Waals surface area contributed by atoms with Gasteiger partial charge in [-0.15, -0.1) is 0 Å². The number of aryl methyl sites for hydroxylation is 3. The lowest BCUT2D eigenvalue weighted by molar-refractivity contribution is 1.27. The first-order valence-electron chi connectivity index (χ1n) is 39.7. The zero-order valence-corrected chi connectivity index (χ0v) is 64.3. The zero-order chi connectivity index (χ0) is 76.9. The molecule has 0 radical (unpaired) electrons. The maximum absolute atomic E-state index is 2.47. The van der Waals surface area contributed by atoms with Gasteiger partial charge in [-0.2, -0.15) is 0 Å². The summed E-state index contributed by atoms with van der Waals surface area (Å²) in [6.07, 6.45) is 0. The minimum absolute atomic E-state index is 1.04. The van der Waals surface area contributed by atoms with E-state index in [1.165, 1.54) is 87.4 Å². The van der Waals surface area contributed by atoms with Gasteiger partial charge in [0.25, 0.3) is 0 Å². The Balaban J connectivity index is 0.758. The third-order valence-corrected chi connectivity index (χ3v) is 22.9. The summed E-state index contributed by atoms with van der Waals surface area (Å²) in [7, 11) is 0. The Kier molecular flexibility index (Phi) is 18.0. The van der Waals surface area contributed by atoms with Crippen molar-refractivity contribution in [1.82, 2.24) is 0 Å². The molecule has 20 rings (SSSR count). The summed E-state index contributed by atoms with van der Waals surface area (Å²) in [5.41, 5.74) is 28.0. The first-order chi connectivity index (χ1) is 56.7. The summed E-state index contributed by atoms with van der Waals surface area (Å²) in [6, 6.07) is 159. The van der Waals surface area contributed by atoms with Crippen molar-refractivity contribution in [1.29, 1.82) is 0 Å². The number of rotatable bonds is 17. The molecular formula is C111H80N4. The van der Waals surface area contributed by atoms with Crippen LogP contribution in [0, 0.1) is 20.8 Å². The fraction of sp³-hybridized carbons (Fsp3) is 0.0270. The van der Waals surface area contributed by atoms with Gasteiger partial charge in [-0.3, -0.25) is 0 Å². The van der Waals surface area contributed by atoms with Crippen LogP contribution in [-0.2, 0) is 0 Å². The van der Waals surface area contributed by atoms with Gasteiger partial charge in [-0.25, -0.2) is 0 Å². The molecule has 0 unspecified atom stereocenters. The lowest BCUT2D eigenvalue weighted by Gasteiger charge is -2.29. The van der Waals surface area contributed by atoms with Crippen molar-refractivity contribution in [3.63, 3.8) is 0 Å². The summed E-state index contributed by atoms with van der Waals surface area (Å²) in [4.78, 5) is 9.65. The van der Waals surface area contributed by atoms with Crippen LogP contribution in [-0.4, -0.2) is 0 Å². The van der Waals surface area contributed by atoms with E-state index in [2.05, 4.69) is 471 Å². The minimum Gasteiger partial charge on any atom is -0.310 e. The maximum atomic E-state index is 2.47. The second kappa shape index (κ2) is 29.8. The number of hydrogen-bond donors (Lipinski definition) is 0. The highest BCUT2D eigenvalue weighted by Gasteiger charge is 2.27. The molecule has 20 aromatic carbocycles. The molecule has 0 atom stereocenters. The van der Waals surface area contributed by atoms with E-state index < -0.39 is 0 Å². The van der Waals surface area contributed by atoms with Crippen LogP contribution in [0.15, 0.2) is 431 Å². The number of para-hydroxylation sites is 3. The Morgan fingerprint density at radius 3 is 0.670 bits per heavy atom. The van der Waals surface area contributed by atoms with Crippen molar-refractivity contribution in [2.24, 2.45) is 0 Å². The Labute approximate surface area is 671 Å². The molecular weight excluding hydrogens is 1390 g/mol. The van der Waals surface area contributed by atoms with E-state index in [0.29, 0.717) is 0 Å². The summed E-state index contributed by atoms with van der Waals surface area (Å²) >= 11 is 0. The summed E-state index contributed by atoms with van der Waals surface area (Å²) in [5.74, 6) is 0. The average Bonchev–Trinajstić information content (AvgIpc) is 0.723. The molecule has 544 valence electrons. The molecule has 0 aliphatic rings. The first-order valence-corrected chi connectivity index (χ1v) is 39.7. The molecule has 0 fully saturated rings. The Morgan fingerprint density at radius 1 is 0.130 bits per heavy atom. The highest BCUT2D eigenvalue weighted by molar-refractivity contribution is 6.25. The van der Waals surface area contributed by atoms with E-state index in [1.807, 2.05) is 0 Å². The highest BCUT2D eigenvalue weighted by atomic mass is 15.2. The minimum atomic E-state index is 1.04. The van der Waals surface area contributed by atoms with Crippen molar-refractivity contribution in [3.8, 4) is 55.6 Å². The van der Waals surface area contributed by atoms with Gasteiger partial charge in [0.15, 0.2) is 0 Å². The summed E-state index contributed by atoms with van der Waals surface area (Å²) < 4.78 is 0. The van der Waals surface area contributed by atoms with E-state index in [9.17, 15) is 0 Å². The van der Waals surface area contributed by atoms with Crippen LogP contribution < -0.4 is 19.6 Å².